The Morgan fingerprint density at radius 2 is 2.19 bits per heavy atom. The minimum absolute atomic E-state index is 0.0302. The SMILES string of the molecule is CCC(CC)C(=O)OCCC[C@@H]1CCCO1. The Labute approximate surface area is 98.5 Å². The van der Waals surface area contributed by atoms with Crippen LogP contribution in [0.15, 0.2) is 0 Å². The third-order valence-corrected chi connectivity index (χ3v) is 3.26. The molecule has 1 fully saturated rings. The number of esters is 1. The van der Waals surface area contributed by atoms with E-state index in [1.807, 2.05) is 13.8 Å². The molecule has 0 amide bonds. The normalized spacial score (nSPS) is 20.3. The molecule has 0 aromatic rings. The van der Waals surface area contributed by atoms with Gasteiger partial charge in [-0.05, 0) is 38.5 Å². The highest BCUT2D eigenvalue weighted by Crippen LogP contribution is 2.17. The summed E-state index contributed by atoms with van der Waals surface area (Å²) in [5.74, 6) is 0.0556. The van der Waals surface area contributed by atoms with Gasteiger partial charge < -0.3 is 9.47 Å². The largest absolute Gasteiger partial charge is 0.465 e. The maximum absolute atomic E-state index is 11.5. The smallest absolute Gasteiger partial charge is 0.308 e. The molecule has 0 saturated carbocycles. The fraction of sp³-hybridized carbons (Fsp3) is 0.923. The van der Waals surface area contributed by atoms with Gasteiger partial charge in [-0.2, -0.15) is 0 Å². The zero-order valence-corrected chi connectivity index (χ0v) is 10.5. The molecule has 0 aromatic heterocycles. The van der Waals surface area contributed by atoms with Gasteiger partial charge in [-0.1, -0.05) is 13.8 Å². The van der Waals surface area contributed by atoms with Crippen molar-refractivity contribution in [2.45, 2.75) is 58.5 Å². The molecule has 1 heterocycles. The van der Waals surface area contributed by atoms with Crippen molar-refractivity contribution in [1.82, 2.24) is 0 Å². The van der Waals surface area contributed by atoms with Gasteiger partial charge in [0.25, 0.3) is 0 Å². The topological polar surface area (TPSA) is 35.5 Å². The first-order valence-corrected chi connectivity index (χ1v) is 6.56. The fourth-order valence-electron chi connectivity index (χ4n) is 2.10. The van der Waals surface area contributed by atoms with E-state index in [0.29, 0.717) is 12.7 Å². The molecule has 1 atom stereocenters. The van der Waals surface area contributed by atoms with Crippen LogP contribution in [-0.2, 0) is 14.3 Å². The van der Waals surface area contributed by atoms with E-state index in [2.05, 4.69) is 0 Å². The minimum Gasteiger partial charge on any atom is -0.465 e. The molecule has 3 heteroatoms. The van der Waals surface area contributed by atoms with Crippen LogP contribution in [0.1, 0.15) is 52.4 Å². The van der Waals surface area contributed by atoms with E-state index in [9.17, 15) is 4.79 Å². The summed E-state index contributed by atoms with van der Waals surface area (Å²) in [6, 6.07) is 0. The molecule has 1 saturated heterocycles. The van der Waals surface area contributed by atoms with Crippen molar-refractivity contribution < 1.29 is 14.3 Å². The predicted octanol–water partition coefficient (Wildman–Crippen LogP) is 2.93. The number of hydrogen-bond acceptors (Lipinski definition) is 3. The van der Waals surface area contributed by atoms with Crippen LogP contribution in [0.4, 0.5) is 0 Å². The van der Waals surface area contributed by atoms with Gasteiger partial charge in [0, 0.05) is 6.61 Å². The van der Waals surface area contributed by atoms with Crippen LogP contribution in [0.25, 0.3) is 0 Å². The lowest BCUT2D eigenvalue weighted by Crippen LogP contribution is -2.17. The summed E-state index contributed by atoms with van der Waals surface area (Å²) in [5, 5.41) is 0. The third-order valence-electron chi connectivity index (χ3n) is 3.26. The lowest BCUT2D eigenvalue weighted by atomic mass is 10.0. The predicted molar refractivity (Wildman–Crippen MR) is 63.2 cm³/mol. The Kier molecular flexibility index (Phi) is 6.46. The van der Waals surface area contributed by atoms with Gasteiger partial charge in [0.15, 0.2) is 0 Å². The van der Waals surface area contributed by atoms with Crippen LogP contribution in [0.2, 0.25) is 0 Å². The second kappa shape index (κ2) is 7.66. The molecule has 16 heavy (non-hydrogen) atoms. The number of rotatable bonds is 7. The molecule has 0 aliphatic carbocycles. The molecule has 1 rings (SSSR count). The van der Waals surface area contributed by atoms with Crippen molar-refractivity contribution in [2.75, 3.05) is 13.2 Å². The summed E-state index contributed by atoms with van der Waals surface area (Å²) in [6.45, 7) is 5.51. The van der Waals surface area contributed by atoms with Crippen LogP contribution in [0.3, 0.4) is 0 Å². The van der Waals surface area contributed by atoms with Gasteiger partial charge in [0.2, 0.25) is 0 Å². The molecule has 0 radical (unpaired) electrons. The Morgan fingerprint density at radius 3 is 2.75 bits per heavy atom. The lowest BCUT2D eigenvalue weighted by molar-refractivity contribution is -0.149. The lowest BCUT2D eigenvalue weighted by Gasteiger charge is -2.13. The van der Waals surface area contributed by atoms with Gasteiger partial charge in [-0.25, -0.2) is 0 Å². The Balaban J connectivity index is 2.03. The zero-order valence-electron chi connectivity index (χ0n) is 10.5. The Bertz CT molecular complexity index is 193. The monoisotopic (exact) mass is 228 g/mol. The molecular weight excluding hydrogens is 204 g/mol. The van der Waals surface area contributed by atoms with Gasteiger partial charge in [-0.3, -0.25) is 4.79 Å². The molecule has 1 aliphatic heterocycles. The highest BCUT2D eigenvalue weighted by molar-refractivity contribution is 5.72. The number of carbonyl (C=O) groups is 1. The van der Waals surface area contributed by atoms with E-state index in [0.717, 1.165) is 32.3 Å². The summed E-state index contributed by atoms with van der Waals surface area (Å²) in [6.07, 6.45) is 6.46. The van der Waals surface area contributed by atoms with Crippen molar-refractivity contribution in [1.29, 1.82) is 0 Å². The van der Waals surface area contributed by atoms with E-state index in [1.165, 1.54) is 12.8 Å². The molecule has 3 nitrogen and oxygen atoms in total. The minimum atomic E-state index is -0.0302. The molecule has 0 N–H and O–H groups in total. The Hall–Kier alpha value is -0.570. The van der Waals surface area contributed by atoms with E-state index >= 15 is 0 Å². The van der Waals surface area contributed by atoms with E-state index in [4.69, 9.17) is 9.47 Å². The summed E-state index contributed by atoms with van der Waals surface area (Å²) >= 11 is 0. The highest BCUT2D eigenvalue weighted by atomic mass is 16.5. The molecular formula is C13H24O3. The van der Waals surface area contributed by atoms with Gasteiger partial charge in [0.1, 0.15) is 0 Å². The molecule has 94 valence electrons. The summed E-state index contributed by atoms with van der Waals surface area (Å²) in [5.41, 5.74) is 0. The van der Waals surface area contributed by atoms with E-state index in [1.54, 1.807) is 0 Å². The first-order valence-electron chi connectivity index (χ1n) is 6.56. The molecule has 0 bridgehead atoms. The van der Waals surface area contributed by atoms with Gasteiger partial charge in [0.05, 0.1) is 18.6 Å². The van der Waals surface area contributed by atoms with Crippen molar-refractivity contribution in [2.24, 2.45) is 5.92 Å². The fourth-order valence-corrected chi connectivity index (χ4v) is 2.10. The first kappa shape index (κ1) is 13.5. The summed E-state index contributed by atoms with van der Waals surface area (Å²) in [7, 11) is 0. The number of ether oxygens (including phenoxy) is 2. The van der Waals surface area contributed by atoms with Crippen LogP contribution in [-0.4, -0.2) is 25.3 Å². The van der Waals surface area contributed by atoms with Crippen LogP contribution < -0.4 is 0 Å². The maximum atomic E-state index is 11.5. The van der Waals surface area contributed by atoms with Crippen molar-refractivity contribution in [3.05, 3.63) is 0 Å². The van der Waals surface area contributed by atoms with Crippen molar-refractivity contribution >= 4 is 5.97 Å². The molecule has 0 unspecified atom stereocenters. The average molecular weight is 228 g/mol. The highest BCUT2D eigenvalue weighted by Gasteiger charge is 2.17. The van der Waals surface area contributed by atoms with Crippen LogP contribution >= 0.6 is 0 Å². The maximum Gasteiger partial charge on any atom is 0.308 e. The molecule has 0 spiro atoms. The first-order chi connectivity index (χ1) is 7.77. The summed E-state index contributed by atoms with van der Waals surface area (Å²) < 4.78 is 10.8. The van der Waals surface area contributed by atoms with Gasteiger partial charge in [-0.15, -0.1) is 0 Å². The molecule has 0 aromatic carbocycles. The third kappa shape index (κ3) is 4.52. The van der Waals surface area contributed by atoms with Crippen molar-refractivity contribution in [3.63, 3.8) is 0 Å². The van der Waals surface area contributed by atoms with E-state index in [-0.39, 0.29) is 11.9 Å². The van der Waals surface area contributed by atoms with E-state index < -0.39 is 0 Å². The molecule has 1 aliphatic rings. The van der Waals surface area contributed by atoms with Crippen LogP contribution in [0.5, 0.6) is 0 Å². The second-order valence-electron chi connectivity index (χ2n) is 4.46. The van der Waals surface area contributed by atoms with Crippen molar-refractivity contribution in [3.8, 4) is 0 Å². The quantitative estimate of drug-likeness (QED) is 0.496. The summed E-state index contributed by atoms with van der Waals surface area (Å²) in [4.78, 5) is 11.5. The average Bonchev–Trinajstić information content (AvgIpc) is 2.79. The zero-order chi connectivity index (χ0) is 11.8. The number of hydrogen-bond donors (Lipinski definition) is 0. The number of carbonyl (C=O) groups excluding carboxylic acids is 1. The van der Waals surface area contributed by atoms with Crippen LogP contribution in [0, 0.1) is 5.92 Å². The Morgan fingerprint density at radius 1 is 1.44 bits per heavy atom. The second-order valence-corrected chi connectivity index (χ2v) is 4.46. The van der Waals surface area contributed by atoms with Gasteiger partial charge >= 0.3 is 5.97 Å². The standard InChI is InChI=1S/C13H24O3/c1-3-11(4-2)13(14)16-10-6-8-12-7-5-9-15-12/h11-12H,3-10H2,1-2H3/t12-/m0/s1.